The highest BCUT2D eigenvalue weighted by Gasteiger charge is 2.36. The van der Waals surface area contributed by atoms with E-state index in [1.807, 2.05) is 0 Å². The largest absolute Gasteiger partial charge is 0.495 e. The van der Waals surface area contributed by atoms with Crippen LogP contribution in [0.1, 0.15) is 31.1 Å². The number of hydrogen-bond donors (Lipinski definition) is 1. The maximum absolute atomic E-state index is 12.8. The van der Waals surface area contributed by atoms with Crippen LogP contribution < -0.4 is 15.0 Å². The summed E-state index contributed by atoms with van der Waals surface area (Å²) in [5, 5.41) is 3.31. The molecule has 1 N–H and O–H groups in total. The number of ether oxygens (including phenoxy) is 1. The molecule has 0 spiro atoms. The van der Waals surface area contributed by atoms with Gasteiger partial charge in [0.25, 0.3) is 17.7 Å². The van der Waals surface area contributed by atoms with Gasteiger partial charge in [-0.2, -0.15) is 0 Å². The molecule has 0 saturated carbocycles. The smallest absolute Gasteiger partial charge is 0.266 e. The molecule has 8 heteroatoms. The molecule has 150 valence electrons. The van der Waals surface area contributed by atoms with Gasteiger partial charge in [0.05, 0.1) is 40.2 Å². The van der Waals surface area contributed by atoms with E-state index >= 15 is 0 Å². The predicted octanol–water partition coefficient (Wildman–Crippen LogP) is 5.05. The number of fused-ring (bicyclic) bond motifs is 1. The summed E-state index contributed by atoms with van der Waals surface area (Å²) in [7, 11) is 1.45. The van der Waals surface area contributed by atoms with Gasteiger partial charge < -0.3 is 10.1 Å². The number of nitrogens with one attached hydrogen (secondary N) is 1. The minimum Gasteiger partial charge on any atom is -0.495 e. The van der Waals surface area contributed by atoms with Crippen molar-refractivity contribution in [1.29, 1.82) is 0 Å². The Kier molecular flexibility index (Phi) is 5.20. The molecule has 0 saturated heterocycles. The highest BCUT2D eigenvalue weighted by atomic mass is 35.5. The molecule has 0 bridgehead atoms. The first-order valence-corrected chi connectivity index (χ1v) is 9.58. The Morgan fingerprint density at radius 2 is 1.60 bits per heavy atom. The van der Waals surface area contributed by atoms with Gasteiger partial charge in [-0.15, -0.1) is 0 Å². The maximum Gasteiger partial charge on any atom is 0.266 e. The van der Waals surface area contributed by atoms with Gasteiger partial charge in [-0.25, -0.2) is 4.90 Å². The lowest BCUT2D eigenvalue weighted by Gasteiger charge is -2.17. The van der Waals surface area contributed by atoms with E-state index in [4.69, 9.17) is 27.9 Å². The highest BCUT2D eigenvalue weighted by Crippen LogP contribution is 2.34. The van der Waals surface area contributed by atoms with Crippen LogP contribution in [-0.4, -0.2) is 24.8 Å². The summed E-state index contributed by atoms with van der Waals surface area (Å²) in [6, 6.07) is 15.8. The van der Waals surface area contributed by atoms with Gasteiger partial charge in [-0.05, 0) is 48.5 Å². The second kappa shape index (κ2) is 7.82. The van der Waals surface area contributed by atoms with Crippen molar-refractivity contribution in [3.8, 4) is 5.75 Å². The summed E-state index contributed by atoms with van der Waals surface area (Å²) in [4.78, 5) is 39.3. The van der Waals surface area contributed by atoms with Crippen LogP contribution in [0, 0.1) is 0 Å². The number of amides is 3. The fourth-order valence-electron chi connectivity index (χ4n) is 3.22. The second-order valence-corrected chi connectivity index (χ2v) is 7.30. The van der Waals surface area contributed by atoms with Crippen molar-refractivity contribution in [2.45, 2.75) is 0 Å². The van der Waals surface area contributed by atoms with Gasteiger partial charge >= 0.3 is 0 Å². The van der Waals surface area contributed by atoms with Gasteiger partial charge in [0.15, 0.2) is 0 Å². The third kappa shape index (κ3) is 3.40. The number of imide groups is 1. The van der Waals surface area contributed by atoms with Gasteiger partial charge in [0, 0.05) is 5.02 Å². The molecule has 0 unspecified atom stereocenters. The summed E-state index contributed by atoms with van der Waals surface area (Å²) in [6.45, 7) is 0. The molecular weight excluding hydrogens is 427 g/mol. The highest BCUT2D eigenvalue weighted by molar-refractivity contribution is 6.37. The van der Waals surface area contributed by atoms with E-state index in [9.17, 15) is 14.4 Å². The lowest BCUT2D eigenvalue weighted by Crippen LogP contribution is -2.29. The third-order valence-electron chi connectivity index (χ3n) is 4.66. The average Bonchev–Trinajstić information content (AvgIpc) is 2.98. The summed E-state index contributed by atoms with van der Waals surface area (Å²) in [5.41, 5.74) is 1.46. The summed E-state index contributed by atoms with van der Waals surface area (Å²) >= 11 is 12.0. The van der Waals surface area contributed by atoms with Crippen molar-refractivity contribution < 1.29 is 19.1 Å². The van der Waals surface area contributed by atoms with Crippen molar-refractivity contribution in [3.05, 3.63) is 87.4 Å². The van der Waals surface area contributed by atoms with E-state index in [-0.39, 0.29) is 16.3 Å². The molecular formula is C22H14Cl2N2O4. The SMILES string of the molecule is COc1ccc(N2C(=O)c3ccccc3C2=O)cc1NC(=O)c1ccc(Cl)cc1Cl. The van der Waals surface area contributed by atoms with Crippen LogP contribution in [0.5, 0.6) is 5.75 Å². The van der Waals surface area contributed by atoms with Gasteiger partial charge in [-0.1, -0.05) is 35.3 Å². The lowest BCUT2D eigenvalue weighted by atomic mass is 10.1. The van der Waals surface area contributed by atoms with Crippen molar-refractivity contribution >= 4 is 52.3 Å². The zero-order valence-corrected chi connectivity index (χ0v) is 17.1. The summed E-state index contributed by atoms with van der Waals surface area (Å²) in [6.07, 6.45) is 0. The minimum atomic E-state index is -0.491. The quantitative estimate of drug-likeness (QED) is 0.575. The first-order valence-electron chi connectivity index (χ1n) is 8.83. The Morgan fingerprint density at radius 1 is 0.933 bits per heavy atom. The Labute approximate surface area is 182 Å². The van der Waals surface area contributed by atoms with Crippen molar-refractivity contribution in [2.24, 2.45) is 0 Å². The molecule has 3 amide bonds. The number of anilines is 2. The zero-order chi connectivity index (χ0) is 21.4. The molecule has 1 heterocycles. The van der Waals surface area contributed by atoms with Crippen molar-refractivity contribution in [2.75, 3.05) is 17.3 Å². The summed E-state index contributed by atoms with van der Waals surface area (Å²) < 4.78 is 5.31. The molecule has 0 atom stereocenters. The van der Waals surface area contributed by atoms with E-state index in [1.165, 1.54) is 25.3 Å². The topological polar surface area (TPSA) is 75.7 Å². The first kappa shape index (κ1) is 19.9. The minimum absolute atomic E-state index is 0.190. The molecule has 0 aliphatic carbocycles. The zero-order valence-electron chi connectivity index (χ0n) is 15.6. The Balaban J connectivity index is 1.69. The van der Waals surface area contributed by atoms with Crippen molar-refractivity contribution in [3.63, 3.8) is 0 Å². The average molecular weight is 441 g/mol. The van der Waals surface area contributed by atoms with E-state index < -0.39 is 17.7 Å². The van der Waals surface area contributed by atoms with E-state index in [0.717, 1.165) is 4.90 Å². The van der Waals surface area contributed by atoms with Crippen LogP contribution in [0.4, 0.5) is 11.4 Å². The molecule has 30 heavy (non-hydrogen) atoms. The van der Waals surface area contributed by atoms with E-state index in [0.29, 0.717) is 27.6 Å². The van der Waals surface area contributed by atoms with Crippen LogP contribution in [0.3, 0.4) is 0 Å². The molecule has 4 rings (SSSR count). The van der Waals surface area contributed by atoms with E-state index in [1.54, 1.807) is 42.5 Å². The Hall–Kier alpha value is -3.35. The van der Waals surface area contributed by atoms with Gasteiger partial charge in [-0.3, -0.25) is 14.4 Å². The fraction of sp³-hybridized carbons (Fsp3) is 0.0455. The number of halogens is 2. The Bertz CT molecular complexity index is 1170. The maximum atomic E-state index is 12.8. The normalized spacial score (nSPS) is 12.7. The molecule has 6 nitrogen and oxygen atoms in total. The van der Waals surface area contributed by atoms with Crippen LogP contribution in [0.2, 0.25) is 10.0 Å². The van der Waals surface area contributed by atoms with Crippen molar-refractivity contribution in [1.82, 2.24) is 0 Å². The third-order valence-corrected chi connectivity index (χ3v) is 5.21. The molecule has 3 aromatic carbocycles. The predicted molar refractivity (Wildman–Crippen MR) is 115 cm³/mol. The number of carbonyl (C=O) groups is 3. The molecule has 0 radical (unpaired) electrons. The van der Waals surface area contributed by atoms with Crippen LogP contribution in [0.25, 0.3) is 0 Å². The standard InChI is InChI=1S/C22H14Cl2N2O4/c1-30-19-9-7-13(26-21(28)14-4-2-3-5-15(14)22(26)29)11-18(19)25-20(27)16-8-6-12(23)10-17(16)24/h2-11H,1H3,(H,25,27). The monoisotopic (exact) mass is 440 g/mol. The van der Waals surface area contributed by atoms with Crippen LogP contribution in [-0.2, 0) is 0 Å². The van der Waals surface area contributed by atoms with Gasteiger partial charge in [0.1, 0.15) is 5.75 Å². The molecule has 0 fully saturated rings. The fourth-order valence-corrected chi connectivity index (χ4v) is 3.71. The molecule has 1 aliphatic rings. The number of carbonyl (C=O) groups excluding carboxylic acids is 3. The number of rotatable bonds is 4. The molecule has 0 aromatic heterocycles. The number of nitrogens with zero attached hydrogens (tertiary/aromatic N) is 1. The number of hydrogen-bond acceptors (Lipinski definition) is 4. The Morgan fingerprint density at radius 3 is 2.20 bits per heavy atom. The number of benzene rings is 3. The van der Waals surface area contributed by atoms with Crippen LogP contribution >= 0.6 is 23.2 Å². The number of methoxy groups -OCH3 is 1. The summed E-state index contributed by atoms with van der Waals surface area (Å²) in [5.74, 6) is -0.999. The molecule has 1 aliphatic heterocycles. The second-order valence-electron chi connectivity index (χ2n) is 6.45. The first-order chi connectivity index (χ1) is 14.4. The lowest BCUT2D eigenvalue weighted by molar-refractivity contribution is 0.0925. The molecule has 3 aromatic rings. The van der Waals surface area contributed by atoms with Gasteiger partial charge in [0.2, 0.25) is 0 Å². The van der Waals surface area contributed by atoms with E-state index in [2.05, 4.69) is 5.32 Å². The van der Waals surface area contributed by atoms with Crippen LogP contribution in [0.15, 0.2) is 60.7 Å².